The maximum Gasteiger partial charge on any atom is 0.204 e. The van der Waals surface area contributed by atoms with Crippen LogP contribution in [-0.4, -0.2) is 4.98 Å². The number of hydrogen-bond acceptors (Lipinski definition) is 4. The Hall–Kier alpha value is -1.42. The van der Waals surface area contributed by atoms with Crippen LogP contribution in [0.15, 0.2) is 27.5 Å². The maximum atomic E-state index is 5.95. The number of aryl methyl sites for hydroxylation is 3. The molecule has 0 saturated carbocycles. The van der Waals surface area contributed by atoms with E-state index in [-0.39, 0.29) is 0 Å². The number of benzene rings is 1. The first-order valence-electron chi connectivity index (χ1n) is 5.48. The Morgan fingerprint density at radius 3 is 2.65 bits per heavy atom. The Labute approximate surface area is 105 Å². The second-order valence-corrected chi connectivity index (χ2v) is 5.10. The highest BCUT2D eigenvalue weighted by Crippen LogP contribution is 2.28. The molecule has 1 aromatic carbocycles. The van der Waals surface area contributed by atoms with Crippen molar-refractivity contribution in [3.8, 4) is 0 Å². The normalized spacial score (nSPS) is 10.8. The fraction of sp³-hybridized carbons (Fsp3) is 0.308. The Morgan fingerprint density at radius 2 is 2.06 bits per heavy atom. The fourth-order valence-corrected chi connectivity index (χ4v) is 2.33. The summed E-state index contributed by atoms with van der Waals surface area (Å²) in [6, 6.07) is 6.08. The summed E-state index contributed by atoms with van der Waals surface area (Å²) >= 11 is 1.65. The molecular weight excluding hydrogens is 232 g/mol. The number of anilines is 1. The van der Waals surface area contributed by atoms with Crippen molar-refractivity contribution in [3.05, 3.63) is 41.1 Å². The Kier molecular flexibility index (Phi) is 3.43. The van der Waals surface area contributed by atoms with Gasteiger partial charge >= 0.3 is 0 Å². The number of hydrogen-bond donors (Lipinski definition) is 1. The maximum absolute atomic E-state index is 5.95. The Bertz CT molecular complexity index is 515. The molecule has 0 aliphatic rings. The zero-order chi connectivity index (χ0) is 12.4. The van der Waals surface area contributed by atoms with Gasteiger partial charge in [0.15, 0.2) is 0 Å². The summed E-state index contributed by atoms with van der Waals surface area (Å²) < 4.78 is 5.53. The Morgan fingerprint density at radius 1 is 1.29 bits per heavy atom. The number of rotatable bonds is 3. The van der Waals surface area contributed by atoms with Crippen LogP contribution < -0.4 is 5.73 Å². The average Bonchev–Trinajstić information content (AvgIpc) is 2.57. The van der Waals surface area contributed by atoms with Crippen LogP contribution in [0.25, 0.3) is 0 Å². The molecule has 4 heteroatoms. The number of thioether (sulfide) groups is 1. The second kappa shape index (κ2) is 4.84. The van der Waals surface area contributed by atoms with E-state index in [9.17, 15) is 0 Å². The van der Waals surface area contributed by atoms with Crippen molar-refractivity contribution in [3.63, 3.8) is 0 Å². The van der Waals surface area contributed by atoms with E-state index in [0.717, 1.165) is 27.9 Å². The highest BCUT2D eigenvalue weighted by atomic mass is 32.2. The lowest BCUT2D eigenvalue weighted by Gasteiger charge is -2.04. The van der Waals surface area contributed by atoms with E-state index in [4.69, 9.17) is 10.2 Å². The van der Waals surface area contributed by atoms with Crippen molar-refractivity contribution in [2.24, 2.45) is 0 Å². The number of nitrogen functional groups attached to an aromatic ring is 1. The van der Waals surface area contributed by atoms with Crippen LogP contribution >= 0.6 is 11.8 Å². The van der Waals surface area contributed by atoms with Crippen LogP contribution in [0.4, 0.5) is 5.69 Å². The lowest BCUT2D eigenvalue weighted by atomic mass is 10.2. The van der Waals surface area contributed by atoms with Crippen LogP contribution in [0, 0.1) is 20.8 Å². The van der Waals surface area contributed by atoms with Crippen molar-refractivity contribution >= 4 is 17.4 Å². The lowest BCUT2D eigenvalue weighted by molar-refractivity contribution is 0.489. The molecule has 0 bridgehead atoms. The van der Waals surface area contributed by atoms with Gasteiger partial charge in [-0.05, 0) is 38.5 Å². The highest BCUT2D eigenvalue weighted by Gasteiger charge is 2.07. The summed E-state index contributed by atoms with van der Waals surface area (Å²) in [7, 11) is 0. The van der Waals surface area contributed by atoms with Crippen LogP contribution in [0.3, 0.4) is 0 Å². The summed E-state index contributed by atoms with van der Waals surface area (Å²) in [6.07, 6.45) is 0. The van der Waals surface area contributed by atoms with Gasteiger partial charge in [-0.2, -0.15) is 0 Å². The van der Waals surface area contributed by atoms with Gasteiger partial charge in [0, 0.05) is 10.6 Å². The first kappa shape index (κ1) is 12.0. The van der Waals surface area contributed by atoms with Gasteiger partial charge < -0.3 is 10.2 Å². The molecule has 1 heterocycles. The van der Waals surface area contributed by atoms with E-state index in [0.29, 0.717) is 5.75 Å². The first-order valence-corrected chi connectivity index (χ1v) is 6.46. The predicted molar refractivity (Wildman–Crippen MR) is 71.1 cm³/mol. The minimum absolute atomic E-state index is 0.710. The molecular formula is C13H16N2OS. The Balaban J connectivity index is 2.07. The summed E-state index contributed by atoms with van der Waals surface area (Å²) in [5.74, 6) is 2.35. The smallest absolute Gasteiger partial charge is 0.204 e. The van der Waals surface area contributed by atoms with E-state index in [2.05, 4.69) is 11.1 Å². The van der Waals surface area contributed by atoms with Crippen molar-refractivity contribution in [2.45, 2.75) is 31.4 Å². The predicted octanol–water partition coefficient (Wildman–Crippen LogP) is 3.47. The molecule has 0 saturated heterocycles. The average molecular weight is 248 g/mol. The number of nitrogens with zero attached hydrogens (tertiary/aromatic N) is 1. The molecule has 3 nitrogen and oxygen atoms in total. The monoisotopic (exact) mass is 248 g/mol. The van der Waals surface area contributed by atoms with E-state index >= 15 is 0 Å². The van der Waals surface area contributed by atoms with E-state index < -0.39 is 0 Å². The third-order valence-electron chi connectivity index (χ3n) is 2.59. The second-order valence-electron chi connectivity index (χ2n) is 4.08. The van der Waals surface area contributed by atoms with Gasteiger partial charge in [0.1, 0.15) is 5.76 Å². The molecule has 0 aliphatic heterocycles. The quantitative estimate of drug-likeness (QED) is 0.667. The summed E-state index contributed by atoms with van der Waals surface area (Å²) in [5.41, 5.74) is 8.90. The van der Waals surface area contributed by atoms with Crippen molar-refractivity contribution in [2.75, 3.05) is 5.73 Å². The third-order valence-corrected chi connectivity index (χ3v) is 3.66. The molecule has 2 aromatic rings. The first-order chi connectivity index (χ1) is 8.06. The number of aromatic nitrogens is 1. The van der Waals surface area contributed by atoms with Crippen molar-refractivity contribution in [1.82, 2.24) is 4.98 Å². The fourth-order valence-electron chi connectivity index (χ4n) is 1.54. The third kappa shape index (κ3) is 2.82. The molecule has 0 fully saturated rings. The highest BCUT2D eigenvalue weighted by molar-refractivity contribution is 7.98. The molecule has 1 aromatic heterocycles. The van der Waals surface area contributed by atoms with Crippen molar-refractivity contribution in [1.29, 1.82) is 0 Å². The molecule has 0 amide bonds. The van der Waals surface area contributed by atoms with E-state index in [1.165, 1.54) is 5.56 Å². The largest absolute Gasteiger partial charge is 0.445 e. The van der Waals surface area contributed by atoms with Gasteiger partial charge in [-0.3, -0.25) is 0 Å². The van der Waals surface area contributed by atoms with Crippen LogP contribution in [0.2, 0.25) is 0 Å². The van der Waals surface area contributed by atoms with Gasteiger partial charge in [-0.25, -0.2) is 4.98 Å². The molecule has 0 radical (unpaired) electrons. The molecule has 90 valence electrons. The summed E-state index contributed by atoms with van der Waals surface area (Å²) in [5, 5.41) is 0. The minimum Gasteiger partial charge on any atom is -0.445 e. The zero-order valence-corrected chi connectivity index (χ0v) is 11.1. The minimum atomic E-state index is 0.710. The number of oxazole rings is 1. The molecule has 2 rings (SSSR count). The summed E-state index contributed by atoms with van der Waals surface area (Å²) in [6.45, 7) is 5.91. The van der Waals surface area contributed by atoms with Crippen molar-refractivity contribution < 1.29 is 4.42 Å². The van der Waals surface area contributed by atoms with Gasteiger partial charge in [0.2, 0.25) is 5.89 Å². The van der Waals surface area contributed by atoms with E-state index in [1.54, 1.807) is 11.8 Å². The topological polar surface area (TPSA) is 52.0 Å². The standard InChI is InChI=1S/C13H16N2OS/c1-8-4-5-12(11(14)6-8)17-7-13-15-9(2)10(3)16-13/h4-6H,7,14H2,1-3H3. The molecule has 0 unspecified atom stereocenters. The van der Waals surface area contributed by atoms with E-state index in [1.807, 2.05) is 32.9 Å². The molecule has 17 heavy (non-hydrogen) atoms. The van der Waals surface area contributed by atoms with Gasteiger partial charge in [-0.1, -0.05) is 6.07 Å². The molecule has 0 spiro atoms. The van der Waals surface area contributed by atoms with Gasteiger partial charge in [0.25, 0.3) is 0 Å². The SMILES string of the molecule is Cc1ccc(SCc2nc(C)c(C)o2)c(N)c1. The van der Waals surface area contributed by atoms with Gasteiger partial charge in [-0.15, -0.1) is 11.8 Å². The van der Waals surface area contributed by atoms with Crippen LogP contribution in [0.1, 0.15) is 22.9 Å². The molecule has 2 N–H and O–H groups in total. The zero-order valence-electron chi connectivity index (χ0n) is 10.3. The lowest BCUT2D eigenvalue weighted by Crippen LogP contribution is -1.90. The van der Waals surface area contributed by atoms with Gasteiger partial charge in [0.05, 0.1) is 11.4 Å². The number of nitrogens with two attached hydrogens (primary N) is 1. The molecule has 0 atom stereocenters. The van der Waals surface area contributed by atoms with Crippen LogP contribution in [0.5, 0.6) is 0 Å². The summed E-state index contributed by atoms with van der Waals surface area (Å²) in [4.78, 5) is 5.42. The molecule has 0 aliphatic carbocycles. The van der Waals surface area contributed by atoms with Crippen LogP contribution in [-0.2, 0) is 5.75 Å².